The molecule has 2 nitrogen and oxygen atoms in total. The Bertz CT molecular complexity index is 748. The quantitative estimate of drug-likeness (QED) is 0.673. The zero-order valence-electron chi connectivity index (χ0n) is 17.5. The van der Waals surface area contributed by atoms with Crippen molar-refractivity contribution in [1.82, 2.24) is 0 Å². The number of rotatable bonds is 2. The zero-order valence-corrected chi connectivity index (χ0v) is 17.5. The van der Waals surface area contributed by atoms with Crippen LogP contribution in [0.1, 0.15) is 59.6 Å². The molecule has 1 aromatic carbocycles. The van der Waals surface area contributed by atoms with E-state index < -0.39 is 11.2 Å². The lowest BCUT2D eigenvalue weighted by molar-refractivity contribution is -0.263. The SMILES string of the molecule is CC1=CC(C=Cc2cccc(C)c2)=CC(C(C)(C)C)(C(C)(C)C)C1(O)O. The van der Waals surface area contributed by atoms with Crippen LogP contribution in [-0.4, -0.2) is 16.0 Å². The molecule has 26 heavy (non-hydrogen) atoms. The van der Waals surface area contributed by atoms with Crippen LogP contribution >= 0.6 is 0 Å². The summed E-state index contributed by atoms with van der Waals surface area (Å²) in [5, 5.41) is 22.4. The van der Waals surface area contributed by atoms with Crippen LogP contribution in [0.5, 0.6) is 0 Å². The number of hydrogen-bond acceptors (Lipinski definition) is 2. The van der Waals surface area contributed by atoms with Crippen LogP contribution < -0.4 is 0 Å². The Morgan fingerprint density at radius 1 is 0.885 bits per heavy atom. The van der Waals surface area contributed by atoms with E-state index in [1.165, 1.54) is 5.56 Å². The Kier molecular flexibility index (Phi) is 5.17. The van der Waals surface area contributed by atoms with Gasteiger partial charge in [-0.05, 0) is 41.4 Å². The summed E-state index contributed by atoms with van der Waals surface area (Å²) in [4.78, 5) is 0. The maximum absolute atomic E-state index is 11.2. The molecule has 0 atom stereocenters. The van der Waals surface area contributed by atoms with E-state index >= 15 is 0 Å². The molecule has 0 unspecified atom stereocenters. The number of hydrogen-bond donors (Lipinski definition) is 2. The number of aryl methyl sites for hydroxylation is 1. The molecule has 2 N–H and O–H groups in total. The standard InChI is InChI=1S/C24H34O2/c1-17-10-9-11-19(14-17)12-13-20-15-18(2)24(25,26)23(16-20,21(3,4)5)22(6,7)8/h9-16,25-26H,1-8H3. The zero-order chi connectivity index (χ0) is 20.0. The first-order valence-corrected chi connectivity index (χ1v) is 9.33. The Morgan fingerprint density at radius 3 is 1.96 bits per heavy atom. The van der Waals surface area contributed by atoms with Gasteiger partial charge in [0.1, 0.15) is 0 Å². The molecule has 0 saturated heterocycles. The fourth-order valence-corrected chi connectivity index (χ4v) is 4.72. The normalized spacial score (nSPS) is 20.1. The molecule has 0 aromatic heterocycles. The van der Waals surface area contributed by atoms with Gasteiger partial charge in [-0.3, -0.25) is 0 Å². The van der Waals surface area contributed by atoms with Crippen LogP contribution in [0.3, 0.4) is 0 Å². The van der Waals surface area contributed by atoms with E-state index in [-0.39, 0.29) is 10.8 Å². The fraction of sp³-hybridized carbons (Fsp3) is 0.500. The highest BCUT2D eigenvalue weighted by atomic mass is 16.5. The van der Waals surface area contributed by atoms with Crippen LogP contribution in [0.25, 0.3) is 6.08 Å². The van der Waals surface area contributed by atoms with Crippen LogP contribution in [-0.2, 0) is 0 Å². The van der Waals surface area contributed by atoms with Gasteiger partial charge in [-0.1, -0.05) is 95.7 Å². The van der Waals surface area contributed by atoms with Crippen LogP contribution in [0.15, 0.2) is 53.6 Å². The molecule has 0 radical (unpaired) electrons. The van der Waals surface area contributed by atoms with E-state index in [0.717, 1.165) is 11.1 Å². The molecule has 1 aliphatic rings. The highest BCUT2D eigenvalue weighted by Crippen LogP contribution is 2.61. The average molecular weight is 355 g/mol. The first-order chi connectivity index (χ1) is 11.7. The van der Waals surface area contributed by atoms with Gasteiger partial charge in [-0.2, -0.15) is 0 Å². The van der Waals surface area contributed by atoms with Crippen LogP contribution in [0.2, 0.25) is 0 Å². The van der Waals surface area contributed by atoms with Gasteiger partial charge in [0.05, 0.1) is 5.41 Å². The van der Waals surface area contributed by atoms with Crippen molar-refractivity contribution in [2.75, 3.05) is 0 Å². The van der Waals surface area contributed by atoms with Crippen LogP contribution in [0, 0.1) is 23.2 Å². The number of aliphatic hydroxyl groups is 2. The van der Waals surface area contributed by atoms with Crippen molar-refractivity contribution >= 4 is 6.08 Å². The summed E-state index contributed by atoms with van der Waals surface area (Å²) in [7, 11) is 0. The molecule has 0 amide bonds. The highest BCUT2D eigenvalue weighted by molar-refractivity contribution is 5.57. The smallest absolute Gasteiger partial charge is 0.196 e. The van der Waals surface area contributed by atoms with Gasteiger partial charge in [-0.25, -0.2) is 0 Å². The number of allylic oxidation sites excluding steroid dienone is 3. The Morgan fingerprint density at radius 2 is 1.46 bits per heavy atom. The molecule has 0 saturated carbocycles. The molecular formula is C24H34O2. The first kappa shape index (κ1) is 20.7. The van der Waals surface area contributed by atoms with Crippen LogP contribution in [0.4, 0.5) is 0 Å². The summed E-state index contributed by atoms with van der Waals surface area (Å²) in [6, 6.07) is 8.34. The van der Waals surface area contributed by atoms with Crippen molar-refractivity contribution < 1.29 is 10.2 Å². The summed E-state index contributed by atoms with van der Waals surface area (Å²) in [5.41, 5.74) is 2.40. The summed E-state index contributed by atoms with van der Waals surface area (Å²) >= 11 is 0. The molecule has 2 heteroatoms. The minimum atomic E-state index is -1.90. The summed E-state index contributed by atoms with van der Waals surface area (Å²) in [6.45, 7) is 16.4. The lowest BCUT2D eigenvalue weighted by atomic mass is 9.47. The molecule has 0 bridgehead atoms. The molecule has 1 aromatic rings. The molecular weight excluding hydrogens is 320 g/mol. The third-order valence-corrected chi connectivity index (χ3v) is 5.74. The second-order valence-corrected chi connectivity index (χ2v) is 9.70. The molecule has 0 spiro atoms. The maximum Gasteiger partial charge on any atom is 0.196 e. The Hall–Kier alpha value is -1.64. The number of benzene rings is 1. The minimum Gasteiger partial charge on any atom is -0.361 e. The first-order valence-electron chi connectivity index (χ1n) is 9.33. The summed E-state index contributed by atoms with van der Waals surface area (Å²) in [5.74, 6) is -1.90. The second kappa shape index (κ2) is 6.51. The fourth-order valence-electron chi connectivity index (χ4n) is 4.72. The van der Waals surface area contributed by atoms with E-state index in [0.29, 0.717) is 5.57 Å². The van der Waals surface area contributed by atoms with Crippen molar-refractivity contribution in [3.05, 3.63) is 64.8 Å². The van der Waals surface area contributed by atoms with Gasteiger partial charge in [0, 0.05) is 0 Å². The van der Waals surface area contributed by atoms with Gasteiger partial charge in [-0.15, -0.1) is 0 Å². The lowest BCUT2D eigenvalue weighted by Crippen LogP contribution is -2.62. The van der Waals surface area contributed by atoms with E-state index in [4.69, 9.17) is 0 Å². The third kappa shape index (κ3) is 3.33. The van der Waals surface area contributed by atoms with Crippen molar-refractivity contribution in [2.24, 2.45) is 16.2 Å². The third-order valence-electron chi connectivity index (χ3n) is 5.74. The molecule has 0 aliphatic heterocycles. The van der Waals surface area contributed by atoms with Crippen molar-refractivity contribution in [2.45, 2.75) is 61.2 Å². The van der Waals surface area contributed by atoms with Gasteiger partial charge in [0.2, 0.25) is 0 Å². The Balaban J connectivity index is 2.62. The van der Waals surface area contributed by atoms with Crippen molar-refractivity contribution in [3.63, 3.8) is 0 Å². The largest absolute Gasteiger partial charge is 0.361 e. The monoisotopic (exact) mass is 354 g/mol. The van der Waals surface area contributed by atoms with E-state index in [9.17, 15) is 10.2 Å². The molecule has 0 fully saturated rings. The van der Waals surface area contributed by atoms with E-state index in [1.54, 1.807) is 6.92 Å². The minimum absolute atomic E-state index is 0.354. The van der Waals surface area contributed by atoms with Crippen molar-refractivity contribution in [3.8, 4) is 0 Å². The summed E-state index contributed by atoms with van der Waals surface area (Å²) < 4.78 is 0. The Labute approximate surface area is 159 Å². The molecule has 0 heterocycles. The summed E-state index contributed by atoms with van der Waals surface area (Å²) in [6.07, 6.45) is 8.09. The van der Waals surface area contributed by atoms with E-state index in [2.05, 4.69) is 84.9 Å². The predicted octanol–water partition coefficient (Wildman–Crippen LogP) is 5.65. The lowest BCUT2D eigenvalue weighted by Gasteiger charge is -2.59. The second-order valence-electron chi connectivity index (χ2n) is 9.70. The van der Waals surface area contributed by atoms with Gasteiger partial charge in [0.25, 0.3) is 0 Å². The van der Waals surface area contributed by atoms with Gasteiger partial charge < -0.3 is 10.2 Å². The average Bonchev–Trinajstić information content (AvgIpc) is 2.45. The molecule has 1 aliphatic carbocycles. The highest BCUT2D eigenvalue weighted by Gasteiger charge is 2.63. The van der Waals surface area contributed by atoms with Crippen molar-refractivity contribution in [1.29, 1.82) is 0 Å². The maximum atomic E-state index is 11.2. The molecule has 142 valence electrons. The topological polar surface area (TPSA) is 40.5 Å². The predicted molar refractivity (Wildman–Crippen MR) is 111 cm³/mol. The van der Waals surface area contributed by atoms with E-state index in [1.807, 2.05) is 12.1 Å². The van der Waals surface area contributed by atoms with Gasteiger partial charge >= 0.3 is 0 Å². The van der Waals surface area contributed by atoms with Gasteiger partial charge in [0.15, 0.2) is 5.79 Å². The molecule has 2 rings (SSSR count).